The van der Waals surface area contributed by atoms with Gasteiger partial charge in [0.2, 0.25) is 0 Å². The fraction of sp³-hybridized carbons (Fsp3) is 0.571. The molecule has 7 heteroatoms. The van der Waals surface area contributed by atoms with E-state index in [0.29, 0.717) is 30.5 Å². The van der Waals surface area contributed by atoms with Gasteiger partial charge in [-0.1, -0.05) is 13.8 Å². The fourth-order valence-electron chi connectivity index (χ4n) is 2.18. The summed E-state index contributed by atoms with van der Waals surface area (Å²) < 4.78 is 0. The quantitative estimate of drug-likeness (QED) is 0.775. The van der Waals surface area contributed by atoms with Crippen LogP contribution >= 0.6 is 0 Å². The van der Waals surface area contributed by atoms with Crippen molar-refractivity contribution in [3.63, 3.8) is 0 Å². The number of carbonyl (C=O) groups excluding carboxylic acids is 1. The first kappa shape index (κ1) is 16.9. The van der Waals surface area contributed by atoms with Gasteiger partial charge in [-0.2, -0.15) is 5.10 Å². The lowest BCUT2D eigenvalue weighted by atomic mass is 10.0. The van der Waals surface area contributed by atoms with E-state index in [4.69, 9.17) is 5.11 Å². The Hall–Kier alpha value is -2.18. The van der Waals surface area contributed by atoms with E-state index < -0.39 is 17.4 Å². The second-order valence-corrected chi connectivity index (χ2v) is 4.78. The number of carboxylic acids is 1. The molecule has 0 atom stereocenters. The van der Waals surface area contributed by atoms with Crippen molar-refractivity contribution in [2.24, 2.45) is 0 Å². The predicted molar refractivity (Wildman–Crippen MR) is 77.4 cm³/mol. The Morgan fingerprint density at radius 2 is 1.95 bits per heavy atom. The molecule has 0 radical (unpaired) electrons. The van der Waals surface area contributed by atoms with E-state index in [-0.39, 0.29) is 18.5 Å². The molecule has 21 heavy (non-hydrogen) atoms. The molecule has 0 unspecified atom stereocenters. The summed E-state index contributed by atoms with van der Waals surface area (Å²) in [5.74, 6) is -1.30. The van der Waals surface area contributed by atoms with Crippen LogP contribution in [0.3, 0.4) is 0 Å². The molecule has 0 aromatic carbocycles. The monoisotopic (exact) mass is 295 g/mol. The summed E-state index contributed by atoms with van der Waals surface area (Å²) in [6.07, 6.45) is 1.51. The van der Waals surface area contributed by atoms with Crippen molar-refractivity contribution in [3.8, 4) is 0 Å². The Morgan fingerprint density at radius 1 is 1.29 bits per heavy atom. The number of H-pyrrole nitrogens is 1. The molecule has 0 spiro atoms. The van der Waals surface area contributed by atoms with Crippen LogP contribution < -0.4 is 5.56 Å². The Kier molecular flexibility index (Phi) is 6.08. The van der Waals surface area contributed by atoms with Gasteiger partial charge in [-0.05, 0) is 24.8 Å². The highest BCUT2D eigenvalue weighted by atomic mass is 16.4. The molecular weight excluding hydrogens is 274 g/mol. The third kappa shape index (κ3) is 4.14. The minimum Gasteiger partial charge on any atom is -0.481 e. The molecule has 0 aliphatic heterocycles. The minimum absolute atomic E-state index is 0.00876. The summed E-state index contributed by atoms with van der Waals surface area (Å²) in [6.45, 7) is 4.07. The number of carbonyl (C=O) groups is 2. The maximum atomic E-state index is 12.4. The molecule has 1 aromatic rings. The van der Waals surface area contributed by atoms with E-state index in [0.717, 1.165) is 0 Å². The Balaban J connectivity index is 3.01. The van der Waals surface area contributed by atoms with Gasteiger partial charge in [0.25, 0.3) is 11.5 Å². The average molecular weight is 295 g/mol. The summed E-state index contributed by atoms with van der Waals surface area (Å²) >= 11 is 0. The first-order valence-corrected chi connectivity index (χ1v) is 7.00. The lowest BCUT2D eigenvalue weighted by Crippen LogP contribution is -2.35. The SMILES string of the molecule is CCc1n[nH]c(=O)c(C(=O)N(C)CCCC(=O)O)c1CC. The zero-order valence-corrected chi connectivity index (χ0v) is 12.6. The van der Waals surface area contributed by atoms with Gasteiger partial charge in [0.05, 0.1) is 5.69 Å². The second kappa shape index (κ2) is 7.56. The maximum absolute atomic E-state index is 12.4. The van der Waals surface area contributed by atoms with Crippen molar-refractivity contribution >= 4 is 11.9 Å². The van der Waals surface area contributed by atoms with Gasteiger partial charge in [-0.3, -0.25) is 14.4 Å². The standard InChI is InChI=1S/C14H21N3O4/c1-4-9-10(5-2)15-16-13(20)12(9)14(21)17(3)8-6-7-11(18)19/h4-8H2,1-3H3,(H,16,20)(H,18,19). The topological polar surface area (TPSA) is 103 Å². The summed E-state index contributed by atoms with van der Waals surface area (Å²) in [5.41, 5.74) is 0.983. The van der Waals surface area contributed by atoms with Gasteiger partial charge in [-0.25, -0.2) is 5.10 Å². The van der Waals surface area contributed by atoms with Gasteiger partial charge in [0, 0.05) is 20.0 Å². The van der Waals surface area contributed by atoms with Crippen molar-refractivity contribution in [1.82, 2.24) is 15.1 Å². The lowest BCUT2D eigenvalue weighted by Gasteiger charge is -2.18. The van der Waals surface area contributed by atoms with E-state index in [1.54, 1.807) is 7.05 Å². The van der Waals surface area contributed by atoms with Crippen molar-refractivity contribution in [2.45, 2.75) is 39.5 Å². The van der Waals surface area contributed by atoms with Gasteiger partial charge < -0.3 is 10.0 Å². The zero-order valence-electron chi connectivity index (χ0n) is 12.6. The molecule has 0 aliphatic carbocycles. The molecule has 0 fully saturated rings. The predicted octanol–water partition coefficient (Wildman–Crippen LogP) is 0.831. The first-order chi connectivity index (χ1) is 9.92. The molecule has 2 N–H and O–H groups in total. The number of aromatic amines is 1. The van der Waals surface area contributed by atoms with Crippen LogP contribution in [-0.4, -0.2) is 45.7 Å². The molecule has 7 nitrogen and oxygen atoms in total. The van der Waals surface area contributed by atoms with E-state index in [1.807, 2.05) is 13.8 Å². The molecule has 1 heterocycles. The van der Waals surface area contributed by atoms with E-state index >= 15 is 0 Å². The van der Waals surface area contributed by atoms with Crippen LogP contribution in [0.25, 0.3) is 0 Å². The summed E-state index contributed by atoms with van der Waals surface area (Å²) in [7, 11) is 1.56. The zero-order chi connectivity index (χ0) is 16.0. The fourth-order valence-corrected chi connectivity index (χ4v) is 2.18. The summed E-state index contributed by atoms with van der Waals surface area (Å²) in [6, 6.07) is 0. The van der Waals surface area contributed by atoms with Crippen molar-refractivity contribution in [1.29, 1.82) is 0 Å². The van der Waals surface area contributed by atoms with Gasteiger partial charge in [0.15, 0.2) is 0 Å². The number of amides is 1. The van der Waals surface area contributed by atoms with Crippen LogP contribution in [0.5, 0.6) is 0 Å². The summed E-state index contributed by atoms with van der Waals surface area (Å²) in [5, 5.41) is 14.9. The molecule has 0 aliphatic rings. The highest BCUT2D eigenvalue weighted by Crippen LogP contribution is 2.12. The largest absolute Gasteiger partial charge is 0.481 e. The molecule has 1 aromatic heterocycles. The maximum Gasteiger partial charge on any atom is 0.303 e. The van der Waals surface area contributed by atoms with Crippen LogP contribution in [0, 0.1) is 0 Å². The molecule has 116 valence electrons. The number of aliphatic carboxylic acids is 1. The van der Waals surface area contributed by atoms with Crippen LogP contribution in [0.2, 0.25) is 0 Å². The average Bonchev–Trinajstić information content (AvgIpc) is 2.45. The minimum atomic E-state index is -0.903. The highest BCUT2D eigenvalue weighted by Gasteiger charge is 2.21. The number of nitrogens with zero attached hydrogens (tertiary/aromatic N) is 2. The smallest absolute Gasteiger partial charge is 0.303 e. The third-order valence-electron chi connectivity index (χ3n) is 3.30. The Bertz CT molecular complexity index is 580. The summed E-state index contributed by atoms with van der Waals surface area (Å²) in [4.78, 5) is 36.2. The molecular formula is C14H21N3O4. The van der Waals surface area contributed by atoms with Gasteiger partial charge >= 0.3 is 5.97 Å². The van der Waals surface area contributed by atoms with E-state index in [2.05, 4.69) is 10.2 Å². The number of aryl methyl sites for hydroxylation is 1. The number of hydrogen-bond acceptors (Lipinski definition) is 4. The van der Waals surface area contributed by atoms with Crippen LogP contribution in [0.1, 0.15) is 48.3 Å². The van der Waals surface area contributed by atoms with Crippen LogP contribution in [0.15, 0.2) is 4.79 Å². The molecule has 0 bridgehead atoms. The van der Waals surface area contributed by atoms with Crippen molar-refractivity contribution in [2.75, 3.05) is 13.6 Å². The molecule has 0 saturated carbocycles. The van der Waals surface area contributed by atoms with Crippen LogP contribution in [0.4, 0.5) is 0 Å². The molecule has 1 rings (SSSR count). The number of nitrogens with one attached hydrogen (secondary N) is 1. The normalized spacial score (nSPS) is 10.4. The third-order valence-corrected chi connectivity index (χ3v) is 3.30. The molecule has 1 amide bonds. The van der Waals surface area contributed by atoms with Gasteiger partial charge in [-0.15, -0.1) is 0 Å². The van der Waals surface area contributed by atoms with Crippen molar-refractivity contribution < 1.29 is 14.7 Å². The second-order valence-electron chi connectivity index (χ2n) is 4.78. The lowest BCUT2D eigenvalue weighted by molar-refractivity contribution is -0.137. The first-order valence-electron chi connectivity index (χ1n) is 7.00. The highest BCUT2D eigenvalue weighted by molar-refractivity contribution is 5.95. The van der Waals surface area contributed by atoms with Gasteiger partial charge in [0.1, 0.15) is 5.56 Å². The number of aromatic nitrogens is 2. The Morgan fingerprint density at radius 3 is 2.48 bits per heavy atom. The van der Waals surface area contributed by atoms with Crippen LogP contribution in [-0.2, 0) is 17.6 Å². The van der Waals surface area contributed by atoms with E-state index in [1.165, 1.54) is 4.90 Å². The molecule has 0 saturated heterocycles. The number of hydrogen-bond donors (Lipinski definition) is 2. The number of carboxylic acid groups (broad SMARTS) is 1. The Labute approximate surface area is 123 Å². The van der Waals surface area contributed by atoms with Crippen molar-refractivity contribution in [3.05, 3.63) is 27.2 Å². The number of rotatable bonds is 7. The van der Waals surface area contributed by atoms with E-state index in [9.17, 15) is 14.4 Å².